The van der Waals surface area contributed by atoms with Gasteiger partial charge in [0.1, 0.15) is 0 Å². The smallest absolute Gasteiger partial charge is 0.0179 e. The van der Waals surface area contributed by atoms with Gasteiger partial charge in [0.25, 0.3) is 0 Å². The molecule has 1 nitrogen and oxygen atoms in total. The summed E-state index contributed by atoms with van der Waals surface area (Å²) >= 11 is 1.86. The normalized spacial score (nSPS) is 42.0. The lowest BCUT2D eigenvalue weighted by Gasteiger charge is -1.94. The second-order valence-electron chi connectivity index (χ2n) is 2.18. The van der Waals surface area contributed by atoms with Gasteiger partial charge in [-0.2, -0.15) is 0 Å². The van der Waals surface area contributed by atoms with Crippen LogP contribution in [0.5, 0.6) is 0 Å². The molecule has 0 aromatic carbocycles. The Hall–Kier alpha value is 0.310. The van der Waals surface area contributed by atoms with E-state index in [0.717, 1.165) is 11.3 Å². The van der Waals surface area contributed by atoms with Crippen LogP contribution in [-0.2, 0) is 0 Å². The van der Waals surface area contributed by atoms with E-state index < -0.39 is 0 Å². The fourth-order valence-electron chi connectivity index (χ4n) is 0.826. The predicted molar refractivity (Wildman–Crippen MR) is 34.3 cm³/mol. The third kappa shape index (κ3) is 1.35. The van der Waals surface area contributed by atoms with Crippen LogP contribution in [0.25, 0.3) is 0 Å². The van der Waals surface area contributed by atoms with Crippen molar-refractivity contribution in [3.63, 3.8) is 0 Å². The summed E-state index contributed by atoms with van der Waals surface area (Å²) in [6.07, 6.45) is 1.32. The second kappa shape index (κ2) is 2.05. The van der Waals surface area contributed by atoms with Gasteiger partial charge >= 0.3 is 0 Å². The number of hydrogen-bond acceptors (Lipinski definition) is 2. The van der Waals surface area contributed by atoms with Crippen LogP contribution >= 0.6 is 11.9 Å². The van der Waals surface area contributed by atoms with Gasteiger partial charge in [0.15, 0.2) is 0 Å². The highest BCUT2D eigenvalue weighted by Gasteiger charge is 2.15. The van der Waals surface area contributed by atoms with Gasteiger partial charge in [-0.1, -0.05) is 18.9 Å². The molecule has 2 heteroatoms. The summed E-state index contributed by atoms with van der Waals surface area (Å²) in [7, 11) is 0. The van der Waals surface area contributed by atoms with Crippen LogP contribution in [0.3, 0.4) is 0 Å². The average Bonchev–Trinajstić information content (AvgIpc) is 1.87. The Balaban J connectivity index is 2.26. The zero-order chi connectivity index (χ0) is 5.28. The van der Waals surface area contributed by atoms with Crippen LogP contribution in [0.15, 0.2) is 0 Å². The maximum absolute atomic E-state index is 3.29. The van der Waals surface area contributed by atoms with Crippen LogP contribution < -0.4 is 4.72 Å². The molecule has 0 spiro atoms. The summed E-state index contributed by atoms with van der Waals surface area (Å²) in [4.78, 5) is 0. The summed E-state index contributed by atoms with van der Waals surface area (Å²) in [6.45, 7) is 4.47. The van der Waals surface area contributed by atoms with Crippen molar-refractivity contribution in [2.24, 2.45) is 0 Å². The molecule has 0 aliphatic carbocycles. The number of rotatable bonds is 0. The lowest BCUT2D eigenvalue weighted by molar-refractivity contribution is 0.670. The minimum atomic E-state index is 0.736. The second-order valence-corrected chi connectivity index (χ2v) is 3.46. The lowest BCUT2D eigenvalue weighted by Crippen LogP contribution is -2.09. The first-order chi connectivity index (χ1) is 3.29. The van der Waals surface area contributed by atoms with Gasteiger partial charge in [-0.05, 0) is 13.3 Å². The van der Waals surface area contributed by atoms with Crippen molar-refractivity contribution in [1.82, 2.24) is 4.72 Å². The van der Waals surface area contributed by atoms with Gasteiger partial charge in [0, 0.05) is 11.3 Å². The molecule has 1 heterocycles. The van der Waals surface area contributed by atoms with Crippen molar-refractivity contribution in [2.45, 2.75) is 31.6 Å². The molecule has 1 aliphatic heterocycles. The van der Waals surface area contributed by atoms with Crippen molar-refractivity contribution in [2.75, 3.05) is 0 Å². The third-order valence-electron chi connectivity index (χ3n) is 1.16. The van der Waals surface area contributed by atoms with Crippen LogP contribution in [0.1, 0.15) is 20.3 Å². The molecule has 0 aromatic rings. The summed E-state index contributed by atoms with van der Waals surface area (Å²) < 4.78 is 3.29. The molecular formula is C5H11NS. The Morgan fingerprint density at radius 3 is 2.43 bits per heavy atom. The molecule has 1 unspecified atom stereocenters. The zero-order valence-electron chi connectivity index (χ0n) is 4.77. The van der Waals surface area contributed by atoms with E-state index in [-0.39, 0.29) is 0 Å². The average molecular weight is 117 g/mol. The molecule has 0 radical (unpaired) electrons. The van der Waals surface area contributed by atoms with Gasteiger partial charge in [-0.3, -0.25) is 4.72 Å². The topological polar surface area (TPSA) is 12.0 Å². The van der Waals surface area contributed by atoms with E-state index >= 15 is 0 Å². The van der Waals surface area contributed by atoms with Crippen LogP contribution in [0, 0.1) is 0 Å². The van der Waals surface area contributed by atoms with Crippen molar-refractivity contribution in [3.8, 4) is 0 Å². The van der Waals surface area contributed by atoms with Crippen LogP contribution in [0.2, 0.25) is 0 Å². The van der Waals surface area contributed by atoms with E-state index in [1.807, 2.05) is 11.9 Å². The Labute approximate surface area is 49.0 Å². The van der Waals surface area contributed by atoms with E-state index in [1.54, 1.807) is 0 Å². The third-order valence-corrected chi connectivity index (χ3v) is 2.29. The summed E-state index contributed by atoms with van der Waals surface area (Å²) in [5.74, 6) is 0. The molecule has 2 atom stereocenters. The molecule has 42 valence electrons. The van der Waals surface area contributed by atoms with Crippen molar-refractivity contribution < 1.29 is 0 Å². The standard InChI is InChI=1S/C5H11NS/c1-4-3-5(2)7-6-4/h4-6H,3H2,1-2H3/t4-,5?/m1/s1. The van der Waals surface area contributed by atoms with Crippen LogP contribution in [0.4, 0.5) is 0 Å². The molecule has 1 fully saturated rings. The first-order valence-electron chi connectivity index (χ1n) is 2.70. The summed E-state index contributed by atoms with van der Waals surface area (Å²) in [6, 6.07) is 0.736. The largest absolute Gasteiger partial charge is 0.261 e. The van der Waals surface area contributed by atoms with E-state index in [4.69, 9.17) is 0 Å². The van der Waals surface area contributed by atoms with Gasteiger partial charge in [-0.25, -0.2) is 0 Å². The Morgan fingerprint density at radius 1 is 1.57 bits per heavy atom. The molecule has 0 saturated carbocycles. The molecule has 0 aromatic heterocycles. The van der Waals surface area contributed by atoms with Crippen molar-refractivity contribution in [3.05, 3.63) is 0 Å². The molecule has 1 N–H and O–H groups in total. The lowest BCUT2D eigenvalue weighted by atomic mass is 10.2. The highest BCUT2D eigenvalue weighted by molar-refractivity contribution is 7.98. The van der Waals surface area contributed by atoms with Gasteiger partial charge in [-0.15, -0.1) is 0 Å². The van der Waals surface area contributed by atoms with E-state index in [9.17, 15) is 0 Å². The molecule has 0 amide bonds. The summed E-state index contributed by atoms with van der Waals surface area (Å²) in [5, 5.41) is 0.829. The molecular weight excluding hydrogens is 106 g/mol. The van der Waals surface area contributed by atoms with Crippen LogP contribution in [-0.4, -0.2) is 11.3 Å². The maximum Gasteiger partial charge on any atom is 0.0179 e. The molecule has 1 rings (SSSR count). The molecule has 1 aliphatic rings. The SMILES string of the molecule is CC1C[C@@H](C)NS1. The number of hydrogen-bond donors (Lipinski definition) is 1. The monoisotopic (exact) mass is 117 g/mol. The first kappa shape index (κ1) is 5.45. The Bertz CT molecular complexity index is 57.1. The summed E-state index contributed by atoms with van der Waals surface area (Å²) in [5.41, 5.74) is 0. The zero-order valence-corrected chi connectivity index (χ0v) is 5.59. The van der Waals surface area contributed by atoms with E-state index in [2.05, 4.69) is 18.6 Å². The Morgan fingerprint density at radius 2 is 2.29 bits per heavy atom. The molecule has 1 saturated heterocycles. The van der Waals surface area contributed by atoms with E-state index in [0.29, 0.717) is 0 Å². The fourth-order valence-corrected chi connectivity index (χ4v) is 1.77. The minimum Gasteiger partial charge on any atom is -0.261 e. The van der Waals surface area contributed by atoms with Gasteiger partial charge in [0.2, 0.25) is 0 Å². The van der Waals surface area contributed by atoms with Gasteiger partial charge in [0.05, 0.1) is 0 Å². The quantitative estimate of drug-likeness (QED) is 0.481. The van der Waals surface area contributed by atoms with E-state index in [1.165, 1.54) is 6.42 Å². The predicted octanol–water partition coefficient (Wildman–Crippen LogP) is 1.40. The number of nitrogens with one attached hydrogen (secondary N) is 1. The first-order valence-corrected chi connectivity index (χ1v) is 3.58. The fraction of sp³-hybridized carbons (Fsp3) is 1.00. The van der Waals surface area contributed by atoms with Crippen molar-refractivity contribution in [1.29, 1.82) is 0 Å². The van der Waals surface area contributed by atoms with Crippen molar-refractivity contribution >= 4 is 11.9 Å². The Kier molecular flexibility index (Phi) is 1.60. The highest BCUT2D eigenvalue weighted by atomic mass is 32.2. The van der Waals surface area contributed by atoms with Gasteiger partial charge < -0.3 is 0 Å². The molecule has 7 heavy (non-hydrogen) atoms. The minimum absolute atomic E-state index is 0.736. The maximum atomic E-state index is 3.29. The highest BCUT2D eigenvalue weighted by Crippen LogP contribution is 2.20. The molecule has 0 bridgehead atoms.